The summed E-state index contributed by atoms with van der Waals surface area (Å²) in [6.45, 7) is 1.89. The van der Waals surface area contributed by atoms with Gasteiger partial charge in [-0.1, -0.05) is 67.6 Å². The molecule has 0 atom stereocenters. The first-order valence-corrected chi connectivity index (χ1v) is 7.63. The highest BCUT2D eigenvalue weighted by Gasteiger charge is 2.20. The monoisotopic (exact) mass is 306 g/mol. The maximum Gasteiger partial charge on any atom is 0.325 e. The summed E-state index contributed by atoms with van der Waals surface area (Å²) in [5.74, 6) is -0.896. The lowest BCUT2D eigenvalue weighted by atomic mass is 9.98. The molecule has 0 radical (unpaired) electrons. The van der Waals surface area contributed by atoms with Crippen LogP contribution < -0.4 is 0 Å². The van der Waals surface area contributed by atoms with E-state index in [2.05, 4.69) is 5.10 Å². The van der Waals surface area contributed by atoms with E-state index in [0.29, 0.717) is 0 Å². The van der Waals surface area contributed by atoms with Crippen molar-refractivity contribution in [1.82, 2.24) is 9.78 Å². The normalized spacial score (nSPS) is 10.7. The number of aryl methyl sites for hydroxylation is 1. The summed E-state index contributed by atoms with van der Waals surface area (Å²) in [6.07, 6.45) is 0.747. The minimum Gasteiger partial charge on any atom is -0.480 e. The molecule has 0 aliphatic heterocycles. The lowest BCUT2D eigenvalue weighted by molar-refractivity contribution is -0.137. The SMILES string of the molecule is CCc1nn(CC(=O)O)c(-c2ccccc2)c1-c1ccccc1. The minimum absolute atomic E-state index is 0.149. The van der Waals surface area contributed by atoms with Gasteiger partial charge in [0.05, 0.1) is 11.4 Å². The molecule has 0 amide bonds. The Bertz CT molecular complexity index is 808. The zero-order valence-electron chi connectivity index (χ0n) is 12.9. The van der Waals surface area contributed by atoms with Crippen LogP contribution in [0.4, 0.5) is 0 Å². The third-order valence-electron chi connectivity index (χ3n) is 3.75. The van der Waals surface area contributed by atoms with Crippen LogP contribution in [0.3, 0.4) is 0 Å². The van der Waals surface area contributed by atoms with Crippen molar-refractivity contribution >= 4 is 5.97 Å². The van der Waals surface area contributed by atoms with Gasteiger partial charge in [-0.05, 0) is 12.0 Å². The fraction of sp³-hybridized carbons (Fsp3) is 0.158. The molecule has 1 heterocycles. The number of carboxylic acid groups (broad SMARTS) is 1. The third kappa shape index (κ3) is 3.01. The quantitative estimate of drug-likeness (QED) is 0.778. The molecule has 0 saturated heterocycles. The van der Waals surface area contributed by atoms with Gasteiger partial charge in [-0.3, -0.25) is 9.48 Å². The van der Waals surface area contributed by atoms with Gasteiger partial charge in [-0.25, -0.2) is 0 Å². The first kappa shape index (κ1) is 15.0. The molecule has 0 bridgehead atoms. The Balaban J connectivity index is 2.28. The second kappa shape index (κ2) is 6.48. The van der Waals surface area contributed by atoms with E-state index >= 15 is 0 Å². The Hall–Kier alpha value is -2.88. The number of carboxylic acids is 1. The summed E-state index contributed by atoms with van der Waals surface area (Å²) in [6, 6.07) is 19.8. The second-order valence-electron chi connectivity index (χ2n) is 5.31. The molecule has 1 N–H and O–H groups in total. The van der Waals surface area contributed by atoms with Gasteiger partial charge in [0.2, 0.25) is 0 Å². The van der Waals surface area contributed by atoms with E-state index < -0.39 is 5.97 Å². The molecular formula is C19H18N2O2. The zero-order chi connectivity index (χ0) is 16.2. The predicted molar refractivity (Wildman–Crippen MR) is 90.1 cm³/mol. The number of hydrogen-bond acceptors (Lipinski definition) is 2. The predicted octanol–water partition coefficient (Wildman–Crippen LogP) is 3.86. The van der Waals surface area contributed by atoms with Gasteiger partial charge in [0.15, 0.2) is 0 Å². The van der Waals surface area contributed by atoms with Crippen molar-refractivity contribution in [3.63, 3.8) is 0 Å². The molecule has 0 spiro atoms. The molecule has 0 aliphatic carbocycles. The van der Waals surface area contributed by atoms with E-state index in [1.165, 1.54) is 0 Å². The fourth-order valence-electron chi connectivity index (χ4n) is 2.80. The van der Waals surface area contributed by atoms with Gasteiger partial charge in [0.1, 0.15) is 6.54 Å². The highest BCUT2D eigenvalue weighted by Crippen LogP contribution is 2.35. The summed E-state index contributed by atoms with van der Waals surface area (Å²) in [4.78, 5) is 11.2. The van der Waals surface area contributed by atoms with E-state index in [1.807, 2.05) is 67.6 Å². The van der Waals surface area contributed by atoms with Crippen molar-refractivity contribution in [2.75, 3.05) is 0 Å². The van der Waals surface area contributed by atoms with Gasteiger partial charge in [0.25, 0.3) is 0 Å². The van der Waals surface area contributed by atoms with Crippen LogP contribution in [0.1, 0.15) is 12.6 Å². The van der Waals surface area contributed by atoms with Crippen molar-refractivity contribution in [2.24, 2.45) is 0 Å². The Morgan fingerprint density at radius 1 is 1.00 bits per heavy atom. The summed E-state index contributed by atoms with van der Waals surface area (Å²) >= 11 is 0. The lowest BCUT2D eigenvalue weighted by Crippen LogP contribution is -2.11. The number of carbonyl (C=O) groups is 1. The van der Waals surface area contributed by atoms with E-state index in [4.69, 9.17) is 0 Å². The smallest absolute Gasteiger partial charge is 0.325 e. The Labute approximate surface area is 135 Å². The van der Waals surface area contributed by atoms with Crippen molar-refractivity contribution in [2.45, 2.75) is 19.9 Å². The number of aliphatic carboxylic acids is 1. The minimum atomic E-state index is -0.896. The fourth-order valence-corrected chi connectivity index (χ4v) is 2.80. The van der Waals surface area contributed by atoms with Crippen LogP contribution >= 0.6 is 0 Å². The maximum absolute atomic E-state index is 11.2. The molecule has 4 heteroatoms. The molecule has 0 unspecified atom stereocenters. The summed E-state index contributed by atoms with van der Waals surface area (Å²) in [5.41, 5.74) is 4.81. The molecule has 4 nitrogen and oxygen atoms in total. The van der Waals surface area contributed by atoms with E-state index in [1.54, 1.807) is 4.68 Å². The molecular weight excluding hydrogens is 288 g/mol. The third-order valence-corrected chi connectivity index (χ3v) is 3.75. The number of nitrogens with zero attached hydrogens (tertiary/aromatic N) is 2. The Morgan fingerprint density at radius 2 is 1.57 bits per heavy atom. The van der Waals surface area contributed by atoms with E-state index in [9.17, 15) is 9.90 Å². The second-order valence-corrected chi connectivity index (χ2v) is 5.31. The summed E-state index contributed by atoms with van der Waals surface area (Å²) in [5, 5.41) is 13.8. The molecule has 116 valence electrons. The van der Waals surface area contributed by atoms with Crippen LogP contribution in [-0.4, -0.2) is 20.9 Å². The number of benzene rings is 2. The van der Waals surface area contributed by atoms with Gasteiger partial charge >= 0.3 is 5.97 Å². The van der Waals surface area contributed by atoms with Crippen LogP contribution in [-0.2, 0) is 17.8 Å². The van der Waals surface area contributed by atoms with Crippen molar-refractivity contribution < 1.29 is 9.90 Å². The molecule has 3 aromatic rings. The van der Waals surface area contributed by atoms with Gasteiger partial charge < -0.3 is 5.11 Å². The van der Waals surface area contributed by atoms with E-state index in [-0.39, 0.29) is 6.54 Å². The molecule has 1 aromatic heterocycles. The maximum atomic E-state index is 11.2. The average Bonchev–Trinajstić information content (AvgIpc) is 2.94. The lowest BCUT2D eigenvalue weighted by Gasteiger charge is -2.09. The topological polar surface area (TPSA) is 55.1 Å². The number of hydrogen-bond donors (Lipinski definition) is 1. The highest BCUT2D eigenvalue weighted by atomic mass is 16.4. The largest absolute Gasteiger partial charge is 0.480 e. The van der Waals surface area contributed by atoms with Gasteiger partial charge in [0, 0.05) is 11.1 Å². The average molecular weight is 306 g/mol. The van der Waals surface area contributed by atoms with Crippen LogP contribution in [0.15, 0.2) is 60.7 Å². The van der Waals surface area contributed by atoms with Crippen molar-refractivity contribution in [3.8, 4) is 22.4 Å². The standard InChI is InChI=1S/C19H18N2O2/c1-2-16-18(14-9-5-3-6-10-14)19(15-11-7-4-8-12-15)21(20-16)13-17(22)23/h3-12H,2,13H2,1H3,(H,22,23). The first-order valence-electron chi connectivity index (χ1n) is 7.63. The molecule has 3 rings (SSSR count). The molecule has 0 fully saturated rings. The molecule has 2 aromatic carbocycles. The van der Waals surface area contributed by atoms with Crippen molar-refractivity contribution in [1.29, 1.82) is 0 Å². The summed E-state index contributed by atoms with van der Waals surface area (Å²) < 4.78 is 1.60. The van der Waals surface area contributed by atoms with Gasteiger partial charge in [-0.15, -0.1) is 0 Å². The van der Waals surface area contributed by atoms with Gasteiger partial charge in [-0.2, -0.15) is 5.10 Å². The zero-order valence-corrected chi connectivity index (χ0v) is 12.9. The van der Waals surface area contributed by atoms with Crippen LogP contribution in [0.2, 0.25) is 0 Å². The number of rotatable bonds is 5. The molecule has 0 aliphatic rings. The van der Waals surface area contributed by atoms with Crippen LogP contribution in [0, 0.1) is 0 Å². The van der Waals surface area contributed by atoms with Crippen LogP contribution in [0.5, 0.6) is 0 Å². The Morgan fingerprint density at radius 3 is 2.09 bits per heavy atom. The number of aromatic nitrogens is 2. The van der Waals surface area contributed by atoms with E-state index in [0.717, 1.165) is 34.5 Å². The Kier molecular flexibility index (Phi) is 4.24. The molecule has 23 heavy (non-hydrogen) atoms. The summed E-state index contributed by atoms with van der Waals surface area (Å²) in [7, 11) is 0. The molecule has 0 saturated carbocycles. The highest BCUT2D eigenvalue weighted by molar-refractivity contribution is 5.84. The first-order chi connectivity index (χ1) is 11.2. The van der Waals surface area contributed by atoms with Crippen molar-refractivity contribution in [3.05, 3.63) is 66.4 Å². The van der Waals surface area contributed by atoms with Crippen LogP contribution in [0.25, 0.3) is 22.4 Å².